The highest BCUT2D eigenvalue weighted by atomic mass is 35.5. The Hall–Kier alpha value is -1.01. The molecule has 18 heavy (non-hydrogen) atoms. The van der Waals surface area contributed by atoms with Crippen LogP contribution in [0.4, 0.5) is 4.79 Å². The maximum absolute atomic E-state index is 12.2. The lowest BCUT2D eigenvalue weighted by molar-refractivity contribution is -0.135. The molecule has 0 bridgehead atoms. The van der Waals surface area contributed by atoms with Crippen LogP contribution in [-0.2, 0) is 4.79 Å². The molecule has 0 spiro atoms. The largest absolute Gasteiger partial charge is 0.337 e. The molecular formula is C11H19ClN4O2. The van der Waals surface area contributed by atoms with E-state index in [0.29, 0.717) is 26.2 Å². The number of nitrogens with zero attached hydrogens (tertiary/aromatic N) is 2. The van der Waals surface area contributed by atoms with Gasteiger partial charge in [0.25, 0.3) is 0 Å². The van der Waals surface area contributed by atoms with Crippen LogP contribution < -0.4 is 10.6 Å². The Balaban J connectivity index is 0.00000120. The van der Waals surface area contributed by atoms with Crippen LogP contribution in [-0.4, -0.2) is 66.5 Å². The van der Waals surface area contributed by atoms with E-state index in [4.69, 9.17) is 0 Å². The second-order valence-electron chi connectivity index (χ2n) is 4.97. The van der Waals surface area contributed by atoms with Gasteiger partial charge in [0.15, 0.2) is 0 Å². The molecule has 3 heterocycles. The van der Waals surface area contributed by atoms with Crippen molar-refractivity contribution in [3.05, 3.63) is 0 Å². The number of nitrogens with one attached hydrogen (secondary N) is 2. The average molecular weight is 275 g/mol. The van der Waals surface area contributed by atoms with Gasteiger partial charge in [-0.05, 0) is 19.4 Å². The Bertz CT molecular complexity index is 346. The second kappa shape index (κ2) is 5.32. The molecule has 6 nitrogen and oxygen atoms in total. The van der Waals surface area contributed by atoms with Crippen LogP contribution in [0.2, 0.25) is 0 Å². The molecule has 0 aromatic heterocycles. The van der Waals surface area contributed by atoms with E-state index in [0.717, 1.165) is 19.4 Å². The minimum atomic E-state index is 0. The van der Waals surface area contributed by atoms with Crippen molar-refractivity contribution >= 4 is 24.3 Å². The molecule has 0 saturated carbocycles. The van der Waals surface area contributed by atoms with E-state index in [-0.39, 0.29) is 36.4 Å². The zero-order valence-corrected chi connectivity index (χ0v) is 11.0. The molecule has 3 fully saturated rings. The van der Waals surface area contributed by atoms with E-state index in [9.17, 15) is 9.59 Å². The third-order valence-corrected chi connectivity index (χ3v) is 3.90. The number of carbonyl (C=O) groups is 2. The molecule has 0 aromatic rings. The Morgan fingerprint density at radius 1 is 1.33 bits per heavy atom. The van der Waals surface area contributed by atoms with E-state index in [1.165, 1.54) is 0 Å². The average Bonchev–Trinajstić information content (AvgIpc) is 2.98. The van der Waals surface area contributed by atoms with E-state index in [1.54, 1.807) is 0 Å². The smallest absolute Gasteiger partial charge is 0.317 e. The molecule has 0 radical (unpaired) electrons. The fourth-order valence-corrected chi connectivity index (χ4v) is 2.92. The first-order valence-electron chi connectivity index (χ1n) is 6.32. The lowest BCUT2D eigenvalue weighted by atomic mass is 10.1. The number of piperazine rings is 1. The van der Waals surface area contributed by atoms with Crippen LogP contribution in [0.15, 0.2) is 0 Å². The summed E-state index contributed by atoms with van der Waals surface area (Å²) >= 11 is 0. The molecule has 1 unspecified atom stereocenters. The number of hydrogen-bond acceptors (Lipinski definition) is 3. The summed E-state index contributed by atoms with van der Waals surface area (Å²) in [5.41, 5.74) is 0. The predicted molar refractivity (Wildman–Crippen MR) is 68.7 cm³/mol. The SMILES string of the molecule is Cl.O=C([C@@H]1CCCN1)N1CCN2C(=O)NCC2C1. The lowest BCUT2D eigenvalue weighted by Gasteiger charge is -2.37. The molecule has 3 aliphatic rings. The third kappa shape index (κ3) is 2.27. The van der Waals surface area contributed by atoms with Crippen molar-refractivity contribution in [1.82, 2.24) is 20.4 Å². The number of hydrogen-bond donors (Lipinski definition) is 2. The summed E-state index contributed by atoms with van der Waals surface area (Å²) in [6, 6.07) is 0.189. The Morgan fingerprint density at radius 3 is 2.89 bits per heavy atom. The van der Waals surface area contributed by atoms with E-state index >= 15 is 0 Å². The number of rotatable bonds is 1. The van der Waals surface area contributed by atoms with Gasteiger partial charge in [-0.2, -0.15) is 0 Å². The lowest BCUT2D eigenvalue weighted by Crippen LogP contribution is -2.56. The minimum absolute atomic E-state index is 0. The molecule has 2 N–H and O–H groups in total. The van der Waals surface area contributed by atoms with Gasteiger partial charge in [-0.25, -0.2) is 4.79 Å². The second-order valence-corrected chi connectivity index (χ2v) is 4.97. The van der Waals surface area contributed by atoms with E-state index in [1.807, 2.05) is 9.80 Å². The highest BCUT2D eigenvalue weighted by molar-refractivity contribution is 5.85. The van der Waals surface area contributed by atoms with Crippen molar-refractivity contribution in [1.29, 1.82) is 0 Å². The van der Waals surface area contributed by atoms with Gasteiger partial charge in [-0.15, -0.1) is 12.4 Å². The van der Waals surface area contributed by atoms with Crippen LogP contribution in [0.25, 0.3) is 0 Å². The number of fused-ring (bicyclic) bond motifs is 1. The van der Waals surface area contributed by atoms with Gasteiger partial charge in [0.05, 0.1) is 12.1 Å². The van der Waals surface area contributed by atoms with Crippen LogP contribution in [0.5, 0.6) is 0 Å². The van der Waals surface area contributed by atoms with Crippen molar-refractivity contribution in [2.75, 3.05) is 32.7 Å². The van der Waals surface area contributed by atoms with Gasteiger partial charge >= 0.3 is 6.03 Å². The number of halogens is 1. The first kappa shape index (κ1) is 13.4. The molecule has 7 heteroatoms. The van der Waals surface area contributed by atoms with Gasteiger partial charge in [0.1, 0.15) is 0 Å². The van der Waals surface area contributed by atoms with Crippen molar-refractivity contribution in [3.63, 3.8) is 0 Å². The van der Waals surface area contributed by atoms with E-state index < -0.39 is 0 Å². The molecular weight excluding hydrogens is 256 g/mol. The maximum atomic E-state index is 12.2. The quantitative estimate of drug-likeness (QED) is 0.671. The van der Waals surface area contributed by atoms with Gasteiger partial charge in [-0.1, -0.05) is 0 Å². The van der Waals surface area contributed by atoms with Gasteiger partial charge in [0, 0.05) is 26.2 Å². The van der Waals surface area contributed by atoms with Gasteiger partial charge < -0.3 is 20.4 Å². The minimum Gasteiger partial charge on any atom is -0.337 e. The van der Waals surface area contributed by atoms with Crippen LogP contribution >= 0.6 is 12.4 Å². The number of amides is 3. The molecule has 3 saturated heterocycles. The molecule has 3 aliphatic heterocycles. The fourth-order valence-electron chi connectivity index (χ4n) is 2.92. The molecule has 2 atom stereocenters. The Labute approximate surface area is 112 Å². The fraction of sp³-hybridized carbons (Fsp3) is 0.818. The first-order valence-corrected chi connectivity index (χ1v) is 6.32. The summed E-state index contributed by atoms with van der Waals surface area (Å²) in [4.78, 5) is 27.4. The Kier molecular flexibility index (Phi) is 3.97. The standard InChI is InChI=1S/C11H18N4O2.ClH/c16-10(9-2-1-3-12-9)14-4-5-15-8(7-14)6-13-11(15)17;/h8-9,12H,1-7H2,(H,13,17);1H/t8?,9-;/m0./s1. The normalized spacial score (nSPS) is 30.8. The zero-order chi connectivity index (χ0) is 11.8. The Morgan fingerprint density at radius 2 is 2.17 bits per heavy atom. The van der Waals surface area contributed by atoms with Gasteiger partial charge in [0.2, 0.25) is 5.91 Å². The van der Waals surface area contributed by atoms with Crippen molar-refractivity contribution in [3.8, 4) is 0 Å². The molecule has 0 aromatic carbocycles. The topological polar surface area (TPSA) is 64.7 Å². The summed E-state index contributed by atoms with van der Waals surface area (Å²) in [7, 11) is 0. The monoisotopic (exact) mass is 274 g/mol. The van der Waals surface area contributed by atoms with Crippen molar-refractivity contribution in [2.45, 2.75) is 24.9 Å². The van der Waals surface area contributed by atoms with Crippen LogP contribution in [0, 0.1) is 0 Å². The van der Waals surface area contributed by atoms with Crippen LogP contribution in [0.1, 0.15) is 12.8 Å². The highest BCUT2D eigenvalue weighted by Gasteiger charge is 2.38. The third-order valence-electron chi connectivity index (χ3n) is 3.90. The molecule has 3 rings (SSSR count). The maximum Gasteiger partial charge on any atom is 0.317 e. The molecule has 0 aliphatic carbocycles. The predicted octanol–water partition coefficient (Wildman–Crippen LogP) is -0.604. The molecule has 102 valence electrons. The summed E-state index contributed by atoms with van der Waals surface area (Å²) in [5.74, 6) is 0.210. The van der Waals surface area contributed by atoms with Crippen molar-refractivity contribution < 1.29 is 9.59 Å². The number of carbonyl (C=O) groups excluding carboxylic acids is 2. The van der Waals surface area contributed by atoms with E-state index in [2.05, 4.69) is 10.6 Å². The molecule has 3 amide bonds. The summed E-state index contributed by atoms with van der Waals surface area (Å²) < 4.78 is 0. The summed E-state index contributed by atoms with van der Waals surface area (Å²) in [6.45, 7) is 3.62. The summed E-state index contributed by atoms with van der Waals surface area (Å²) in [5, 5.41) is 6.06. The zero-order valence-electron chi connectivity index (χ0n) is 10.2. The first-order chi connectivity index (χ1) is 8.25. The van der Waals surface area contributed by atoms with Gasteiger partial charge in [-0.3, -0.25) is 4.79 Å². The number of urea groups is 1. The van der Waals surface area contributed by atoms with Crippen LogP contribution in [0.3, 0.4) is 0 Å². The van der Waals surface area contributed by atoms with Crippen molar-refractivity contribution in [2.24, 2.45) is 0 Å². The highest BCUT2D eigenvalue weighted by Crippen LogP contribution is 2.16. The summed E-state index contributed by atoms with van der Waals surface area (Å²) in [6.07, 6.45) is 2.03.